The molecule has 0 fully saturated rings. The van der Waals surface area contributed by atoms with E-state index in [-0.39, 0.29) is 5.82 Å². The Morgan fingerprint density at radius 3 is 2.74 bits per heavy atom. The van der Waals surface area contributed by atoms with Crippen LogP contribution in [0.4, 0.5) is 4.39 Å². The normalized spacial score (nSPS) is 11.0. The molecule has 0 aliphatic rings. The third kappa shape index (κ3) is 2.89. The van der Waals surface area contributed by atoms with Gasteiger partial charge in [0.25, 0.3) is 0 Å². The van der Waals surface area contributed by atoms with Crippen molar-refractivity contribution >= 4 is 6.29 Å². The molecule has 2 rings (SSSR count). The van der Waals surface area contributed by atoms with Crippen LogP contribution in [-0.4, -0.2) is 16.1 Å². The van der Waals surface area contributed by atoms with E-state index in [1.807, 2.05) is 0 Å². The Balaban J connectivity index is 2.45. The summed E-state index contributed by atoms with van der Waals surface area (Å²) in [6.45, 7) is 6.62. The van der Waals surface area contributed by atoms with E-state index in [0.717, 1.165) is 18.4 Å². The van der Waals surface area contributed by atoms with Crippen molar-refractivity contribution < 1.29 is 9.18 Å². The average molecular weight is 260 g/mol. The van der Waals surface area contributed by atoms with E-state index in [1.54, 1.807) is 29.9 Å². The minimum absolute atomic E-state index is 0.252. The highest BCUT2D eigenvalue weighted by Crippen LogP contribution is 2.23. The molecule has 3 nitrogen and oxygen atoms in total. The summed E-state index contributed by atoms with van der Waals surface area (Å²) in [4.78, 5) is 11.1. The summed E-state index contributed by atoms with van der Waals surface area (Å²) in [5, 5.41) is 4.43. The third-order valence-corrected chi connectivity index (χ3v) is 2.90. The van der Waals surface area contributed by atoms with Gasteiger partial charge in [0.15, 0.2) is 6.29 Å². The Hall–Kier alpha value is -1.97. The summed E-state index contributed by atoms with van der Waals surface area (Å²) in [7, 11) is 0. The molecule has 0 aliphatic carbocycles. The smallest absolute Gasteiger partial charge is 0.153 e. The summed E-state index contributed by atoms with van der Waals surface area (Å²) in [6.07, 6.45) is 2.53. The van der Waals surface area contributed by atoms with Gasteiger partial charge in [0, 0.05) is 18.3 Å². The molecule has 0 spiro atoms. The van der Waals surface area contributed by atoms with Crippen molar-refractivity contribution in [3.63, 3.8) is 0 Å². The lowest BCUT2D eigenvalue weighted by Crippen LogP contribution is -2.04. The molecule has 1 heterocycles. The van der Waals surface area contributed by atoms with E-state index in [0.29, 0.717) is 22.7 Å². The Labute approximate surface area is 112 Å². The summed E-state index contributed by atoms with van der Waals surface area (Å²) in [5.41, 5.74) is 2.46. The first-order valence-electron chi connectivity index (χ1n) is 6.30. The highest BCUT2D eigenvalue weighted by atomic mass is 19.1. The first kappa shape index (κ1) is 13.5. The Morgan fingerprint density at radius 2 is 2.16 bits per heavy atom. The maximum atomic E-state index is 13.3. The molecule has 19 heavy (non-hydrogen) atoms. The monoisotopic (exact) mass is 260 g/mol. The second-order valence-electron chi connectivity index (χ2n) is 5.13. The number of benzene rings is 1. The number of carbonyl (C=O) groups excluding carboxylic acids is 1. The van der Waals surface area contributed by atoms with Crippen LogP contribution in [-0.2, 0) is 6.54 Å². The van der Waals surface area contributed by atoms with Crippen LogP contribution in [0, 0.1) is 18.7 Å². The number of aryl methyl sites for hydroxylation is 1. The molecule has 1 aromatic carbocycles. The van der Waals surface area contributed by atoms with Crippen molar-refractivity contribution in [1.82, 2.24) is 9.78 Å². The predicted octanol–water partition coefficient (Wildman–Crippen LogP) is 3.47. The molecule has 0 radical (unpaired) electrons. The van der Waals surface area contributed by atoms with Gasteiger partial charge in [0.05, 0.1) is 5.56 Å². The molecule has 0 aliphatic heterocycles. The molecule has 0 saturated carbocycles. The lowest BCUT2D eigenvalue weighted by Gasteiger charge is -2.04. The van der Waals surface area contributed by atoms with Gasteiger partial charge in [-0.15, -0.1) is 0 Å². The van der Waals surface area contributed by atoms with Crippen LogP contribution >= 0.6 is 0 Å². The molecule has 1 aromatic heterocycles. The Morgan fingerprint density at radius 1 is 1.42 bits per heavy atom. The van der Waals surface area contributed by atoms with Crippen LogP contribution in [0.1, 0.15) is 29.8 Å². The lowest BCUT2D eigenvalue weighted by atomic mass is 10.1. The first-order valence-corrected chi connectivity index (χ1v) is 6.30. The number of aromatic nitrogens is 2. The molecular weight excluding hydrogens is 243 g/mol. The van der Waals surface area contributed by atoms with Crippen molar-refractivity contribution in [2.45, 2.75) is 27.3 Å². The first-order chi connectivity index (χ1) is 9.01. The summed E-state index contributed by atoms with van der Waals surface area (Å²) in [5.74, 6) is 0.195. The molecule has 100 valence electrons. The number of carbonyl (C=O) groups is 1. The minimum Gasteiger partial charge on any atom is -0.298 e. The molecule has 0 unspecified atom stereocenters. The minimum atomic E-state index is -0.252. The van der Waals surface area contributed by atoms with Gasteiger partial charge in [-0.1, -0.05) is 13.8 Å². The zero-order chi connectivity index (χ0) is 14.0. The number of nitrogens with zero attached hydrogens (tertiary/aromatic N) is 2. The topological polar surface area (TPSA) is 34.9 Å². The van der Waals surface area contributed by atoms with Gasteiger partial charge in [-0.2, -0.15) is 5.10 Å². The van der Waals surface area contributed by atoms with Crippen LogP contribution in [0.15, 0.2) is 24.4 Å². The average Bonchev–Trinajstić information content (AvgIpc) is 2.74. The van der Waals surface area contributed by atoms with Crippen LogP contribution in [0.2, 0.25) is 0 Å². The third-order valence-electron chi connectivity index (χ3n) is 2.90. The largest absolute Gasteiger partial charge is 0.298 e. The van der Waals surface area contributed by atoms with E-state index in [4.69, 9.17) is 0 Å². The van der Waals surface area contributed by atoms with Gasteiger partial charge in [-0.3, -0.25) is 9.48 Å². The van der Waals surface area contributed by atoms with E-state index in [2.05, 4.69) is 18.9 Å². The number of halogens is 1. The van der Waals surface area contributed by atoms with E-state index in [1.165, 1.54) is 6.07 Å². The summed E-state index contributed by atoms with van der Waals surface area (Å²) >= 11 is 0. The van der Waals surface area contributed by atoms with Gasteiger partial charge in [-0.25, -0.2) is 4.39 Å². The predicted molar refractivity (Wildman–Crippen MR) is 72.6 cm³/mol. The van der Waals surface area contributed by atoms with Gasteiger partial charge in [0.2, 0.25) is 0 Å². The Kier molecular flexibility index (Phi) is 3.79. The van der Waals surface area contributed by atoms with E-state index >= 15 is 0 Å². The van der Waals surface area contributed by atoms with Crippen LogP contribution in [0.25, 0.3) is 11.3 Å². The molecule has 2 aromatic rings. The Bertz CT molecular complexity index is 602. The number of hydrogen-bond acceptors (Lipinski definition) is 2. The second-order valence-corrected chi connectivity index (χ2v) is 5.13. The van der Waals surface area contributed by atoms with Gasteiger partial charge in [0.1, 0.15) is 11.5 Å². The summed E-state index contributed by atoms with van der Waals surface area (Å²) in [6, 6.07) is 4.77. The molecule has 0 amide bonds. The zero-order valence-electron chi connectivity index (χ0n) is 11.4. The van der Waals surface area contributed by atoms with Crippen molar-refractivity contribution in [2.75, 3.05) is 0 Å². The lowest BCUT2D eigenvalue weighted by molar-refractivity contribution is 0.112. The molecular formula is C15H17FN2O. The second kappa shape index (κ2) is 5.34. The van der Waals surface area contributed by atoms with E-state index in [9.17, 15) is 9.18 Å². The molecule has 0 N–H and O–H groups in total. The summed E-state index contributed by atoms with van der Waals surface area (Å²) < 4.78 is 15.0. The highest BCUT2D eigenvalue weighted by Gasteiger charge is 2.12. The van der Waals surface area contributed by atoms with Crippen molar-refractivity contribution in [2.24, 2.45) is 5.92 Å². The van der Waals surface area contributed by atoms with Gasteiger partial charge >= 0.3 is 0 Å². The molecule has 0 atom stereocenters. The van der Waals surface area contributed by atoms with Gasteiger partial charge < -0.3 is 0 Å². The fourth-order valence-electron chi connectivity index (χ4n) is 2.01. The quantitative estimate of drug-likeness (QED) is 0.789. The van der Waals surface area contributed by atoms with Crippen LogP contribution in [0.3, 0.4) is 0 Å². The van der Waals surface area contributed by atoms with Crippen LogP contribution in [0.5, 0.6) is 0 Å². The highest BCUT2D eigenvalue weighted by molar-refractivity contribution is 5.85. The standard InChI is InChI=1S/C15H17FN2O/c1-10(2)7-18-8-13(9-19)15(17-18)12-4-5-14(16)11(3)6-12/h4-6,8-10H,7H2,1-3H3. The van der Waals surface area contributed by atoms with E-state index < -0.39 is 0 Å². The van der Waals surface area contributed by atoms with Gasteiger partial charge in [-0.05, 0) is 36.6 Å². The maximum Gasteiger partial charge on any atom is 0.153 e. The molecule has 0 saturated heterocycles. The SMILES string of the molecule is Cc1cc(-c2nn(CC(C)C)cc2C=O)ccc1F. The fourth-order valence-corrected chi connectivity index (χ4v) is 2.01. The number of aldehydes is 1. The maximum absolute atomic E-state index is 13.3. The van der Waals surface area contributed by atoms with Crippen LogP contribution < -0.4 is 0 Å². The zero-order valence-corrected chi connectivity index (χ0v) is 11.4. The molecule has 0 bridgehead atoms. The number of rotatable bonds is 4. The number of hydrogen-bond donors (Lipinski definition) is 0. The van der Waals surface area contributed by atoms with Crippen molar-refractivity contribution in [1.29, 1.82) is 0 Å². The van der Waals surface area contributed by atoms with Crippen molar-refractivity contribution in [3.8, 4) is 11.3 Å². The van der Waals surface area contributed by atoms with Crippen molar-refractivity contribution in [3.05, 3.63) is 41.3 Å². The molecule has 4 heteroatoms. The fraction of sp³-hybridized carbons (Fsp3) is 0.333.